The molecule has 1 saturated carbocycles. The number of methoxy groups -OCH3 is 1. The van der Waals surface area contributed by atoms with Crippen LogP contribution in [0.5, 0.6) is 0 Å². The van der Waals surface area contributed by atoms with Gasteiger partial charge in [0.25, 0.3) is 0 Å². The van der Waals surface area contributed by atoms with E-state index in [-0.39, 0.29) is 5.91 Å². The molecule has 0 aromatic heterocycles. The number of nitrogens with one attached hydrogen (secondary N) is 1. The number of rotatable bonds is 7. The number of carbonyl (C=O) groups is 1. The highest BCUT2D eigenvalue weighted by atomic mass is 16.5. The van der Waals surface area contributed by atoms with Crippen molar-refractivity contribution >= 4 is 5.91 Å². The summed E-state index contributed by atoms with van der Waals surface area (Å²) in [5, 5.41) is 3.72. The first-order valence-corrected chi connectivity index (χ1v) is 6.94. The predicted molar refractivity (Wildman–Crippen MR) is 70.2 cm³/mol. The molecule has 1 atom stereocenters. The minimum Gasteiger partial charge on any atom is -0.383 e. The molecular formula is C13H25N3O2. The third kappa shape index (κ3) is 4.23. The maximum atomic E-state index is 10.9. The molecule has 0 spiro atoms. The first-order chi connectivity index (χ1) is 8.69. The highest BCUT2D eigenvalue weighted by Gasteiger charge is 2.33. The molecule has 2 rings (SSSR count). The van der Waals surface area contributed by atoms with E-state index >= 15 is 0 Å². The molecule has 5 nitrogen and oxygen atoms in total. The lowest BCUT2D eigenvalue weighted by atomic mass is 10.0. The van der Waals surface area contributed by atoms with Gasteiger partial charge < -0.3 is 15.8 Å². The quantitative estimate of drug-likeness (QED) is 0.669. The van der Waals surface area contributed by atoms with Crippen LogP contribution in [0.1, 0.15) is 25.7 Å². The number of piperidine rings is 1. The van der Waals surface area contributed by atoms with Crippen molar-refractivity contribution in [3.63, 3.8) is 0 Å². The van der Waals surface area contributed by atoms with Crippen molar-refractivity contribution in [1.29, 1.82) is 0 Å². The molecule has 1 heterocycles. The third-order valence-electron chi connectivity index (χ3n) is 3.95. The molecule has 104 valence electrons. The van der Waals surface area contributed by atoms with Crippen molar-refractivity contribution in [2.75, 3.05) is 33.4 Å². The topological polar surface area (TPSA) is 67.6 Å². The van der Waals surface area contributed by atoms with Crippen molar-refractivity contribution < 1.29 is 9.53 Å². The molecule has 0 bridgehead atoms. The normalized spacial score (nSPS) is 24.1. The number of likely N-dealkylation sites (tertiary alicyclic amines) is 1. The molecular weight excluding hydrogens is 230 g/mol. The van der Waals surface area contributed by atoms with Gasteiger partial charge in [-0.1, -0.05) is 0 Å². The molecule has 1 saturated heterocycles. The molecule has 0 aromatic carbocycles. The zero-order valence-corrected chi connectivity index (χ0v) is 11.2. The molecule has 5 heteroatoms. The predicted octanol–water partition coefficient (Wildman–Crippen LogP) is -0.0493. The Morgan fingerprint density at radius 2 is 2.06 bits per heavy atom. The van der Waals surface area contributed by atoms with Crippen LogP contribution >= 0.6 is 0 Å². The SMILES string of the molecule is COCC(NC1CCN(CC(N)=O)CC1)C1CC1. The number of ether oxygens (including phenoxy) is 1. The van der Waals surface area contributed by atoms with Gasteiger partial charge in [0.15, 0.2) is 0 Å². The Bertz CT molecular complexity index is 273. The van der Waals surface area contributed by atoms with Crippen molar-refractivity contribution in [3.05, 3.63) is 0 Å². The Hall–Kier alpha value is -0.650. The fourth-order valence-electron chi connectivity index (χ4n) is 2.78. The Labute approximate surface area is 109 Å². The summed E-state index contributed by atoms with van der Waals surface area (Å²) in [7, 11) is 1.77. The van der Waals surface area contributed by atoms with E-state index in [4.69, 9.17) is 10.5 Å². The van der Waals surface area contributed by atoms with Crippen LogP contribution in [0.15, 0.2) is 0 Å². The lowest BCUT2D eigenvalue weighted by Gasteiger charge is -2.34. The number of hydrogen-bond acceptors (Lipinski definition) is 4. The number of carbonyl (C=O) groups excluding carboxylic acids is 1. The maximum absolute atomic E-state index is 10.9. The van der Waals surface area contributed by atoms with Gasteiger partial charge in [-0.2, -0.15) is 0 Å². The van der Waals surface area contributed by atoms with Gasteiger partial charge in [-0.25, -0.2) is 0 Å². The summed E-state index contributed by atoms with van der Waals surface area (Å²) in [4.78, 5) is 13.0. The summed E-state index contributed by atoms with van der Waals surface area (Å²) in [6.07, 6.45) is 4.86. The summed E-state index contributed by atoms with van der Waals surface area (Å²) in [6.45, 7) is 3.14. The van der Waals surface area contributed by atoms with Gasteiger partial charge in [-0.15, -0.1) is 0 Å². The number of nitrogens with two attached hydrogens (primary N) is 1. The molecule has 1 aliphatic heterocycles. The molecule has 1 amide bonds. The first kappa shape index (κ1) is 13.8. The van der Waals surface area contributed by atoms with Crippen LogP contribution in [0.2, 0.25) is 0 Å². The zero-order chi connectivity index (χ0) is 13.0. The van der Waals surface area contributed by atoms with E-state index in [9.17, 15) is 4.79 Å². The van der Waals surface area contributed by atoms with Crippen LogP contribution in [-0.4, -0.2) is 56.2 Å². The first-order valence-electron chi connectivity index (χ1n) is 6.94. The molecule has 1 unspecified atom stereocenters. The number of amides is 1. The average molecular weight is 255 g/mol. The van der Waals surface area contributed by atoms with Gasteiger partial charge in [0, 0.05) is 32.3 Å². The second-order valence-corrected chi connectivity index (χ2v) is 5.58. The molecule has 2 aliphatic rings. The van der Waals surface area contributed by atoms with Gasteiger partial charge in [-0.3, -0.25) is 9.69 Å². The summed E-state index contributed by atoms with van der Waals surface area (Å²) in [5.74, 6) is 0.588. The van der Waals surface area contributed by atoms with Gasteiger partial charge in [0.2, 0.25) is 5.91 Å². The number of nitrogens with zero attached hydrogens (tertiary/aromatic N) is 1. The number of primary amides is 1. The molecule has 0 radical (unpaired) electrons. The van der Waals surface area contributed by atoms with E-state index in [1.165, 1.54) is 12.8 Å². The smallest absolute Gasteiger partial charge is 0.231 e. The summed E-state index contributed by atoms with van der Waals surface area (Å²) >= 11 is 0. The summed E-state index contributed by atoms with van der Waals surface area (Å²) in [5.41, 5.74) is 5.21. The van der Waals surface area contributed by atoms with E-state index in [0.29, 0.717) is 18.6 Å². The third-order valence-corrected chi connectivity index (χ3v) is 3.95. The van der Waals surface area contributed by atoms with E-state index < -0.39 is 0 Å². The Morgan fingerprint density at radius 1 is 1.39 bits per heavy atom. The molecule has 3 N–H and O–H groups in total. The average Bonchev–Trinajstić information content (AvgIpc) is 3.14. The van der Waals surface area contributed by atoms with E-state index in [2.05, 4.69) is 10.2 Å². The molecule has 2 fully saturated rings. The summed E-state index contributed by atoms with van der Waals surface area (Å²) in [6, 6.07) is 1.08. The second kappa shape index (κ2) is 6.50. The van der Waals surface area contributed by atoms with Crippen LogP contribution < -0.4 is 11.1 Å². The lowest BCUT2D eigenvalue weighted by molar-refractivity contribution is -0.119. The van der Waals surface area contributed by atoms with Crippen molar-refractivity contribution in [2.24, 2.45) is 11.7 Å². The largest absolute Gasteiger partial charge is 0.383 e. The minimum absolute atomic E-state index is 0.225. The Kier molecular flexibility index (Phi) is 4.97. The van der Waals surface area contributed by atoms with E-state index in [0.717, 1.165) is 38.5 Å². The van der Waals surface area contributed by atoms with Crippen LogP contribution in [0.3, 0.4) is 0 Å². The van der Waals surface area contributed by atoms with Gasteiger partial charge in [-0.05, 0) is 31.6 Å². The highest BCUT2D eigenvalue weighted by molar-refractivity contribution is 5.75. The minimum atomic E-state index is -0.225. The van der Waals surface area contributed by atoms with Crippen LogP contribution in [0, 0.1) is 5.92 Å². The Morgan fingerprint density at radius 3 is 2.56 bits per heavy atom. The van der Waals surface area contributed by atoms with Gasteiger partial charge >= 0.3 is 0 Å². The number of hydrogen-bond donors (Lipinski definition) is 2. The fourth-order valence-corrected chi connectivity index (χ4v) is 2.78. The maximum Gasteiger partial charge on any atom is 0.231 e. The van der Waals surface area contributed by atoms with Crippen molar-refractivity contribution in [1.82, 2.24) is 10.2 Å². The van der Waals surface area contributed by atoms with Crippen LogP contribution in [0.4, 0.5) is 0 Å². The van der Waals surface area contributed by atoms with Crippen LogP contribution in [-0.2, 0) is 9.53 Å². The van der Waals surface area contributed by atoms with Crippen LogP contribution in [0.25, 0.3) is 0 Å². The fraction of sp³-hybridized carbons (Fsp3) is 0.923. The highest BCUT2D eigenvalue weighted by Crippen LogP contribution is 2.33. The molecule has 18 heavy (non-hydrogen) atoms. The van der Waals surface area contributed by atoms with Crippen molar-refractivity contribution in [2.45, 2.75) is 37.8 Å². The summed E-state index contributed by atoms with van der Waals surface area (Å²) < 4.78 is 5.29. The van der Waals surface area contributed by atoms with Gasteiger partial charge in [0.1, 0.15) is 0 Å². The van der Waals surface area contributed by atoms with Gasteiger partial charge in [0.05, 0.1) is 13.2 Å². The van der Waals surface area contributed by atoms with E-state index in [1.54, 1.807) is 7.11 Å². The molecule has 0 aromatic rings. The van der Waals surface area contributed by atoms with Crippen molar-refractivity contribution in [3.8, 4) is 0 Å². The monoisotopic (exact) mass is 255 g/mol. The molecule has 1 aliphatic carbocycles. The Balaban J connectivity index is 1.70. The lowest BCUT2D eigenvalue weighted by Crippen LogP contribution is -2.49. The zero-order valence-electron chi connectivity index (χ0n) is 11.2. The van der Waals surface area contributed by atoms with E-state index in [1.807, 2.05) is 0 Å². The second-order valence-electron chi connectivity index (χ2n) is 5.58. The standard InChI is InChI=1S/C13H25N3O2/c1-18-9-12(10-2-3-10)15-11-4-6-16(7-5-11)8-13(14)17/h10-12,15H,2-9H2,1H3,(H2,14,17).